The number of hydrogen-bond acceptors (Lipinski definition) is 6. The van der Waals surface area contributed by atoms with Crippen molar-refractivity contribution in [3.8, 4) is 0 Å². The van der Waals surface area contributed by atoms with E-state index in [1.165, 1.54) is 6.92 Å². The maximum absolute atomic E-state index is 14.7. The summed E-state index contributed by atoms with van der Waals surface area (Å²) in [4.78, 5) is 20.2. The Kier molecular flexibility index (Phi) is 6.58. The molecular weight excluding hydrogens is 605 g/mol. The van der Waals surface area contributed by atoms with Crippen LogP contribution in [-0.2, 0) is 19.5 Å². The van der Waals surface area contributed by atoms with Crippen LogP contribution >= 0.6 is 34.2 Å². The molecule has 0 unspecified atom stereocenters. The average Bonchev–Trinajstić information content (AvgIpc) is 2.67. The number of nitrogens with two attached hydrogens (primary N) is 1. The van der Waals surface area contributed by atoms with Crippen LogP contribution < -0.4 is 11.1 Å². The summed E-state index contributed by atoms with van der Waals surface area (Å²) in [6.07, 6.45) is 0.756. The van der Waals surface area contributed by atoms with Gasteiger partial charge in [0.25, 0.3) is 5.91 Å². The van der Waals surface area contributed by atoms with E-state index in [2.05, 4.69) is 15.3 Å². The van der Waals surface area contributed by atoms with Gasteiger partial charge in [0.15, 0.2) is 11.6 Å². The number of hydrogen-bond donors (Lipinski definition) is 2. The van der Waals surface area contributed by atoms with Gasteiger partial charge in [0.1, 0.15) is 11.2 Å². The third kappa shape index (κ3) is 5.01. The second kappa shape index (κ2) is 8.54. The zero-order chi connectivity index (χ0) is 24.9. The molecule has 0 aliphatic carbocycles. The minimum absolute atomic E-state index is 0.276. The molecule has 0 radical (unpaired) electrons. The molecule has 8 nitrogen and oxygen atoms in total. The summed E-state index contributed by atoms with van der Waals surface area (Å²) < 4.78 is 78.0. The highest BCUT2D eigenvalue weighted by atomic mass is 127. The number of halogens is 6. The minimum atomic E-state index is -3.98. The van der Waals surface area contributed by atoms with Crippen LogP contribution in [0.2, 0.25) is 5.02 Å². The Morgan fingerprint density at radius 2 is 1.97 bits per heavy atom. The van der Waals surface area contributed by atoms with Crippen molar-refractivity contribution in [2.75, 3.05) is 18.1 Å². The molecule has 3 N–H and O–H groups in total. The van der Waals surface area contributed by atoms with Crippen LogP contribution in [0.15, 0.2) is 29.4 Å². The number of aliphatic imine (C=N–C) groups is 1. The monoisotopic (exact) mass is 619 g/mol. The number of aromatic nitrogens is 1. The van der Waals surface area contributed by atoms with Crippen molar-refractivity contribution in [2.24, 2.45) is 10.7 Å². The first kappa shape index (κ1) is 25.4. The molecule has 1 amide bonds. The molecule has 1 atom stereocenters. The predicted octanol–water partition coefficient (Wildman–Crippen LogP) is 3.55. The van der Waals surface area contributed by atoms with Crippen LogP contribution in [0, 0.1) is 11.6 Å². The molecule has 0 saturated heterocycles. The maximum Gasteiger partial charge on any atom is 0.323 e. The number of nitrogens with one attached hydrogen (secondary N) is 1. The van der Waals surface area contributed by atoms with E-state index in [1.807, 2.05) is 0 Å². The van der Waals surface area contributed by atoms with Gasteiger partial charge in [-0.3, -0.25) is 4.79 Å². The highest BCUT2D eigenvalue weighted by Crippen LogP contribution is 2.37. The summed E-state index contributed by atoms with van der Waals surface area (Å²) in [5.41, 5.74) is 2.11. The van der Waals surface area contributed by atoms with Gasteiger partial charge in [0.2, 0.25) is 16.0 Å². The smallest absolute Gasteiger partial charge is 0.323 e. The number of carbonyl (C=O) groups is 1. The Bertz CT molecular complexity index is 1290. The molecule has 1 aromatic heterocycles. The van der Waals surface area contributed by atoms with Crippen molar-refractivity contribution in [1.29, 1.82) is 0 Å². The Labute approximate surface area is 204 Å². The van der Waals surface area contributed by atoms with Crippen molar-refractivity contribution in [3.05, 3.63) is 57.9 Å². The van der Waals surface area contributed by atoms with Gasteiger partial charge in [-0.1, -0.05) is 11.6 Å². The number of amides is 1. The van der Waals surface area contributed by atoms with E-state index in [9.17, 15) is 30.8 Å². The van der Waals surface area contributed by atoms with Crippen molar-refractivity contribution in [3.63, 3.8) is 0 Å². The van der Waals surface area contributed by atoms with E-state index >= 15 is 0 Å². The molecule has 0 bridgehead atoms. The first-order valence-electron chi connectivity index (χ1n) is 8.91. The summed E-state index contributed by atoms with van der Waals surface area (Å²) >= 11 is 6.76. The molecule has 2 aromatic rings. The minimum Gasteiger partial charge on any atom is -0.369 e. The fraction of sp³-hybridized carbons (Fsp3) is 0.278. The normalized spacial score (nSPS) is 20.4. The van der Waals surface area contributed by atoms with E-state index < -0.39 is 70.6 Å². The van der Waals surface area contributed by atoms with Crippen LogP contribution in [0.4, 0.5) is 23.2 Å². The second-order valence-corrected chi connectivity index (χ2v) is 11.1. The first-order chi connectivity index (χ1) is 15.0. The molecule has 3 rings (SSSR count). The molecule has 0 saturated carbocycles. The summed E-state index contributed by atoms with van der Waals surface area (Å²) in [6.45, 7) is 1.25. The van der Waals surface area contributed by atoms with Crippen LogP contribution in [0.25, 0.3) is 0 Å². The zero-order valence-corrected chi connectivity index (χ0v) is 20.6. The number of anilines is 1. The number of sulfonamides is 1. The molecule has 33 heavy (non-hydrogen) atoms. The summed E-state index contributed by atoms with van der Waals surface area (Å²) in [5, 5.41) is 1.85. The summed E-state index contributed by atoms with van der Waals surface area (Å²) in [5.74, 6) is -4.92. The zero-order valence-electron chi connectivity index (χ0n) is 16.8. The van der Waals surface area contributed by atoms with Crippen molar-refractivity contribution >= 4 is 61.8 Å². The van der Waals surface area contributed by atoms with Gasteiger partial charge in [-0.25, -0.2) is 31.5 Å². The topological polar surface area (TPSA) is 118 Å². The van der Waals surface area contributed by atoms with Gasteiger partial charge < -0.3 is 11.1 Å². The number of alkyl halides is 3. The lowest BCUT2D eigenvalue weighted by Gasteiger charge is -2.34. The largest absolute Gasteiger partial charge is 0.369 e. The number of carbonyl (C=O) groups excluding carboxylic acids is 1. The van der Waals surface area contributed by atoms with Gasteiger partial charge in [-0.2, -0.15) is 8.78 Å². The lowest BCUT2D eigenvalue weighted by atomic mass is 9.93. The van der Waals surface area contributed by atoms with E-state index in [0.717, 1.165) is 48.0 Å². The van der Waals surface area contributed by atoms with Gasteiger partial charge >= 0.3 is 3.93 Å². The fourth-order valence-electron chi connectivity index (χ4n) is 3.09. The Morgan fingerprint density at radius 1 is 1.33 bits per heavy atom. The molecule has 1 aliphatic rings. The molecule has 178 valence electrons. The third-order valence-electron chi connectivity index (χ3n) is 4.81. The Morgan fingerprint density at radius 3 is 2.52 bits per heavy atom. The second-order valence-electron chi connectivity index (χ2n) is 7.29. The van der Waals surface area contributed by atoms with Crippen LogP contribution in [0.3, 0.4) is 0 Å². The van der Waals surface area contributed by atoms with Crippen LogP contribution in [0.5, 0.6) is 0 Å². The lowest BCUT2D eigenvalue weighted by Crippen LogP contribution is -2.50. The first-order valence-corrected chi connectivity index (χ1v) is 12.0. The van der Waals surface area contributed by atoms with Crippen LogP contribution in [-0.4, -0.2) is 42.4 Å². The Hall–Kier alpha value is -2.20. The van der Waals surface area contributed by atoms with Gasteiger partial charge in [-0.15, -0.1) is 0 Å². The van der Waals surface area contributed by atoms with E-state index in [0.29, 0.717) is 10.4 Å². The average molecular weight is 620 g/mol. The van der Waals surface area contributed by atoms with E-state index in [-0.39, 0.29) is 5.69 Å². The Balaban J connectivity index is 2.00. The van der Waals surface area contributed by atoms with Gasteiger partial charge in [0, 0.05) is 53.2 Å². The molecule has 0 spiro atoms. The van der Waals surface area contributed by atoms with Crippen molar-refractivity contribution in [2.45, 2.75) is 16.4 Å². The lowest BCUT2D eigenvalue weighted by molar-refractivity contribution is 0.102. The fourth-order valence-corrected chi connectivity index (χ4v) is 5.09. The SMILES string of the molecule is CN1C(N)=N[C@](C)(c2cc(NC(=O)c3ncc(C(F)(F)I)cc3Cl)cc(F)c2F)CS1(=O)=O. The van der Waals surface area contributed by atoms with Gasteiger partial charge in [0.05, 0.1) is 16.3 Å². The van der Waals surface area contributed by atoms with E-state index in [4.69, 9.17) is 17.3 Å². The number of guanidine groups is 1. The molecule has 15 heteroatoms. The quantitative estimate of drug-likeness (QED) is 0.309. The third-order valence-corrected chi connectivity index (χ3v) is 7.67. The standard InChI is InChI=1S/C18H15ClF4IN5O3S/c1-17(7-33(31,32)29(2)16(25)28-17)10-4-9(5-12(20)13(10)21)27-15(30)14-11(19)3-8(6-26-14)18(22,23)24/h3-6H,7H2,1-2H3,(H2,25,28)(H,27,30)/t17-/m0/s1. The number of nitrogens with zero attached hydrogens (tertiary/aromatic N) is 3. The maximum atomic E-state index is 14.7. The number of benzene rings is 1. The van der Waals surface area contributed by atoms with Crippen molar-refractivity contribution < 1.29 is 30.8 Å². The highest BCUT2D eigenvalue weighted by molar-refractivity contribution is 14.1. The molecular formula is C18H15ClF4IN5O3S. The van der Waals surface area contributed by atoms with Gasteiger partial charge in [-0.05, 0) is 19.1 Å². The van der Waals surface area contributed by atoms with Crippen molar-refractivity contribution in [1.82, 2.24) is 9.29 Å². The predicted molar refractivity (Wildman–Crippen MR) is 122 cm³/mol. The summed E-state index contributed by atoms with van der Waals surface area (Å²) in [6, 6.07) is 2.50. The number of pyridine rings is 1. The molecule has 1 aromatic carbocycles. The summed E-state index contributed by atoms with van der Waals surface area (Å²) in [7, 11) is -2.82. The number of rotatable bonds is 4. The highest BCUT2D eigenvalue weighted by Gasteiger charge is 2.42. The van der Waals surface area contributed by atoms with E-state index in [1.54, 1.807) is 0 Å². The van der Waals surface area contributed by atoms with Crippen LogP contribution in [0.1, 0.15) is 28.5 Å². The molecule has 1 aliphatic heterocycles. The molecule has 0 fully saturated rings. The molecule has 2 heterocycles.